The largest absolute Gasteiger partial charge is 0.497 e. The van der Waals surface area contributed by atoms with Gasteiger partial charge in [0.25, 0.3) is 0 Å². The minimum Gasteiger partial charge on any atom is -0.497 e. The van der Waals surface area contributed by atoms with Crippen molar-refractivity contribution < 1.29 is 9.84 Å². The molecular formula is C16H27NO2. The van der Waals surface area contributed by atoms with Gasteiger partial charge in [0, 0.05) is 13.1 Å². The van der Waals surface area contributed by atoms with Gasteiger partial charge in [0.1, 0.15) is 5.75 Å². The van der Waals surface area contributed by atoms with E-state index in [0.717, 1.165) is 44.6 Å². The zero-order chi connectivity index (χ0) is 14.1. The third kappa shape index (κ3) is 6.08. The van der Waals surface area contributed by atoms with Crippen LogP contribution in [-0.4, -0.2) is 36.3 Å². The Bertz CT molecular complexity index is 354. The minimum absolute atomic E-state index is 0.220. The van der Waals surface area contributed by atoms with E-state index in [1.54, 1.807) is 7.11 Å². The van der Waals surface area contributed by atoms with E-state index in [4.69, 9.17) is 4.74 Å². The van der Waals surface area contributed by atoms with Gasteiger partial charge in [-0.3, -0.25) is 4.90 Å². The van der Waals surface area contributed by atoms with Crippen molar-refractivity contribution in [3.63, 3.8) is 0 Å². The molecule has 1 rings (SSSR count). The summed E-state index contributed by atoms with van der Waals surface area (Å²) in [5, 5.41) is 9.96. The number of ether oxygens (including phenoxy) is 1. The van der Waals surface area contributed by atoms with Crippen molar-refractivity contribution in [1.82, 2.24) is 4.90 Å². The first-order chi connectivity index (χ1) is 9.19. The highest BCUT2D eigenvalue weighted by Crippen LogP contribution is 2.15. The fourth-order valence-electron chi connectivity index (χ4n) is 2.30. The summed E-state index contributed by atoms with van der Waals surface area (Å²) in [6, 6.07) is 8.15. The standard InChI is InChI=1S/C16H27NO2/c1-4-7-15(18)13-17(10-5-2)12-14-8-6-9-16(11-14)19-3/h6,8-9,11,15,18H,4-5,7,10,12-13H2,1-3H3/t15-/m1/s1. The van der Waals surface area contributed by atoms with Crippen molar-refractivity contribution in [2.24, 2.45) is 0 Å². The van der Waals surface area contributed by atoms with Crippen molar-refractivity contribution >= 4 is 0 Å². The SMILES string of the molecule is CCC[C@@H](O)CN(CCC)Cc1cccc(OC)c1. The van der Waals surface area contributed by atoms with Crippen molar-refractivity contribution in [1.29, 1.82) is 0 Å². The number of methoxy groups -OCH3 is 1. The average molecular weight is 265 g/mol. The van der Waals surface area contributed by atoms with Gasteiger partial charge in [0.05, 0.1) is 13.2 Å². The second-order valence-electron chi connectivity index (χ2n) is 5.03. The lowest BCUT2D eigenvalue weighted by Gasteiger charge is -2.24. The smallest absolute Gasteiger partial charge is 0.119 e. The molecule has 0 aliphatic rings. The first kappa shape index (κ1) is 16.0. The lowest BCUT2D eigenvalue weighted by molar-refractivity contribution is 0.101. The van der Waals surface area contributed by atoms with Crippen molar-refractivity contribution in [3.8, 4) is 5.75 Å². The maximum atomic E-state index is 9.96. The Balaban J connectivity index is 2.60. The van der Waals surface area contributed by atoms with Gasteiger partial charge in [-0.25, -0.2) is 0 Å². The Labute approximate surface area is 117 Å². The van der Waals surface area contributed by atoms with Crippen LogP contribution in [-0.2, 0) is 6.54 Å². The molecule has 0 unspecified atom stereocenters. The van der Waals surface area contributed by atoms with Crippen LogP contribution in [0, 0.1) is 0 Å². The molecule has 0 spiro atoms. The van der Waals surface area contributed by atoms with Crippen LogP contribution in [0.1, 0.15) is 38.7 Å². The Hall–Kier alpha value is -1.06. The summed E-state index contributed by atoms with van der Waals surface area (Å²) in [5.74, 6) is 0.892. The lowest BCUT2D eigenvalue weighted by atomic mass is 10.1. The molecule has 3 heteroatoms. The summed E-state index contributed by atoms with van der Waals surface area (Å²) in [6.07, 6.45) is 2.78. The second-order valence-corrected chi connectivity index (χ2v) is 5.03. The molecule has 0 radical (unpaired) electrons. The van der Waals surface area contributed by atoms with Gasteiger partial charge in [0.15, 0.2) is 0 Å². The Kier molecular flexibility index (Phi) is 7.53. The number of aliphatic hydroxyl groups is 1. The highest BCUT2D eigenvalue weighted by molar-refractivity contribution is 5.28. The van der Waals surface area contributed by atoms with Crippen LogP contribution in [0.2, 0.25) is 0 Å². The monoisotopic (exact) mass is 265 g/mol. The summed E-state index contributed by atoms with van der Waals surface area (Å²) >= 11 is 0. The molecule has 0 saturated heterocycles. The molecular weight excluding hydrogens is 238 g/mol. The fourth-order valence-corrected chi connectivity index (χ4v) is 2.30. The van der Waals surface area contributed by atoms with E-state index >= 15 is 0 Å². The third-order valence-electron chi connectivity index (χ3n) is 3.17. The average Bonchev–Trinajstić information content (AvgIpc) is 2.39. The summed E-state index contributed by atoms with van der Waals surface area (Å²) in [7, 11) is 1.69. The molecule has 3 nitrogen and oxygen atoms in total. The molecule has 0 bridgehead atoms. The molecule has 0 saturated carbocycles. The molecule has 108 valence electrons. The van der Waals surface area contributed by atoms with Gasteiger partial charge >= 0.3 is 0 Å². The Morgan fingerprint density at radius 1 is 1.26 bits per heavy atom. The van der Waals surface area contributed by atoms with E-state index in [9.17, 15) is 5.11 Å². The topological polar surface area (TPSA) is 32.7 Å². The molecule has 0 fully saturated rings. The van der Waals surface area contributed by atoms with Crippen molar-refractivity contribution in [2.45, 2.75) is 45.8 Å². The normalized spacial score (nSPS) is 12.7. The van der Waals surface area contributed by atoms with Crippen LogP contribution in [0.25, 0.3) is 0 Å². The third-order valence-corrected chi connectivity index (χ3v) is 3.17. The van der Waals surface area contributed by atoms with Gasteiger partial charge in [-0.05, 0) is 37.1 Å². The highest BCUT2D eigenvalue weighted by Gasteiger charge is 2.11. The fraction of sp³-hybridized carbons (Fsp3) is 0.625. The number of rotatable bonds is 9. The molecule has 1 aromatic rings. The molecule has 19 heavy (non-hydrogen) atoms. The summed E-state index contributed by atoms with van der Waals surface area (Å²) in [4.78, 5) is 2.31. The quantitative estimate of drug-likeness (QED) is 0.745. The van der Waals surface area contributed by atoms with Gasteiger partial charge in [-0.15, -0.1) is 0 Å². The number of nitrogens with zero attached hydrogens (tertiary/aromatic N) is 1. The van der Waals surface area contributed by atoms with Gasteiger partial charge in [0.2, 0.25) is 0 Å². The number of aliphatic hydroxyl groups excluding tert-OH is 1. The van der Waals surface area contributed by atoms with Crippen molar-refractivity contribution in [2.75, 3.05) is 20.2 Å². The van der Waals surface area contributed by atoms with E-state index in [2.05, 4.69) is 30.9 Å². The maximum absolute atomic E-state index is 9.96. The zero-order valence-electron chi connectivity index (χ0n) is 12.4. The summed E-state index contributed by atoms with van der Waals surface area (Å²) < 4.78 is 5.25. The maximum Gasteiger partial charge on any atom is 0.119 e. The van der Waals surface area contributed by atoms with Crippen LogP contribution in [0.3, 0.4) is 0 Å². The number of benzene rings is 1. The second kappa shape index (κ2) is 8.94. The molecule has 0 aliphatic carbocycles. The van der Waals surface area contributed by atoms with E-state index in [-0.39, 0.29) is 6.10 Å². The number of hydrogen-bond donors (Lipinski definition) is 1. The van der Waals surface area contributed by atoms with E-state index < -0.39 is 0 Å². The van der Waals surface area contributed by atoms with Crippen molar-refractivity contribution in [3.05, 3.63) is 29.8 Å². The molecule has 0 aromatic heterocycles. The Morgan fingerprint density at radius 2 is 2.05 bits per heavy atom. The first-order valence-electron chi connectivity index (χ1n) is 7.22. The summed E-state index contributed by atoms with van der Waals surface area (Å²) in [6.45, 7) is 6.91. The minimum atomic E-state index is -0.220. The van der Waals surface area contributed by atoms with Gasteiger partial charge in [-0.2, -0.15) is 0 Å². The molecule has 0 aliphatic heterocycles. The highest BCUT2D eigenvalue weighted by atomic mass is 16.5. The Morgan fingerprint density at radius 3 is 2.68 bits per heavy atom. The van der Waals surface area contributed by atoms with Crippen LogP contribution in [0.4, 0.5) is 0 Å². The predicted molar refractivity (Wildman–Crippen MR) is 79.5 cm³/mol. The molecule has 0 heterocycles. The van der Waals surface area contributed by atoms with E-state index in [1.165, 1.54) is 5.56 Å². The molecule has 1 atom stereocenters. The van der Waals surface area contributed by atoms with Crippen LogP contribution >= 0.6 is 0 Å². The lowest BCUT2D eigenvalue weighted by Crippen LogP contribution is -2.32. The summed E-state index contributed by atoms with van der Waals surface area (Å²) in [5.41, 5.74) is 1.23. The molecule has 1 aromatic carbocycles. The predicted octanol–water partition coefficient (Wildman–Crippen LogP) is 3.07. The van der Waals surface area contributed by atoms with Crippen LogP contribution in [0.15, 0.2) is 24.3 Å². The van der Waals surface area contributed by atoms with Gasteiger partial charge < -0.3 is 9.84 Å². The zero-order valence-corrected chi connectivity index (χ0v) is 12.4. The van der Waals surface area contributed by atoms with E-state index in [0.29, 0.717) is 0 Å². The number of hydrogen-bond acceptors (Lipinski definition) is 3. The van der Waals surface area contributed by atoms with Crippen LogP contribution in [0.5, 0.6) is 5.75 Å². The molecule has 1 N–H and O–H groups in total. The molecule has 0 amide bonds. The first-order valence-corrected chi connectivity index (χ1v) is 7.22. The van der Waals surface area contributed by atoms with Crippen LogP contribution < -0.4 is 4.74 Å². The van der Waals surface area contributed by atoms with E-state index in [1.807, 2.05) is 12.1 Å². The van der Waals surface area contributed by atoms with Gasteiger partial charge in [-0.1, -0.05) is 32.4 Å².